The van der Waals surface area contributed by atoms with E-state index in [1.807, 2.05) is 25.1 Å². The van der Waals surface area contributed by atoms with Crippen molar-refractivity contribution in [2.45, 2.75) is 26.7 Å². The third-order valence-electron chi connectivity index (χ3n) is 1.77. The van der Waals surface area contributed by atoms with Gasteiger partial charge in [-0.25, -0.2) is 0 Å². The monoisotopic (exact) mass is 264 g/mol. The fourth-order valence-electron chi connectivity index (χ4n) is 0.811. The van der Waals surface area contributed by atoms with Gasteiger partial charge < -0.3 is 10.5 Å². The second-order valence-electron chi connectivity index (χ2n) is 3.08. The van der Waals surface area contributed by atoms with Gasteiger partial charge in [0.15, 0.2) is 0 Å². The number of carbonyl (C=O) groups is 1. The first-order chi connectivity index (χ1) is 6.70. The molecule has 3 radical (unpaired) electrons. The van der Waals surface area contributed by atoms with E-state index in [9.17, 15) is 4.79 Å². The van der Waals surface area contributed by atoms with Crippen molar-refractivity contribution in [3.8, 4) is 0 Å². The summed E-state index contributed by atoms with van der Waals surface area (Å²) >= 11 is 0. The fraction of sp³-hybridized carbons (Fsp3) is 0.417. The second-order valence-corrected chi connectivity index (χ2v) is 3.08. The maximum Gasteiger partial charge on any atom is 0.129 e. The number of hydrogen-bond acceptors (Lipinski definition) is 2. The Morgan fingerprint density at radius 3 is 1.78 bits per heavy atom. The van der Waals surface area contributed by atoms with Crippen LogP contribution in [-0.2, 0) is 11.2 Å². The van der Waals surface area contributed by atoms with Crippen molar-refractivity contribution in [1.29, 1.82) is 0 Å². The molecule has 0 aliphatic rings. The number of Topliss-reactive ketones (excluding diaryl/α,β-unsaturated/α-hetero) is 1. The van der Waals surface area contributed by atoms with Crippen molar-refractivity contribution in [2.24, 2.45) is 5.73 Å². The van der Waals surface area contributed by atoms with Crippen LogP contribution in [0, 0.1) is 0 Å². The van der Waals surface area contributed by atoms with Crippen LogP contribution < -0.4 is 5.73 Å². The van der Waals surface area contributed by atoms with Crippen LogP contribution in [0.2, 0.25) is 0 Å². The molecule has 0 bridgehead atoms. The van der Waals surface area contributed by atoms with E-state index in [0.717, 1.165) is 13.0 Å². The molecule has 1 rings (SSSR count). The molecule has 0 atom stereocenters. The van der Waals surface area contributed by atoms with Crippen LogP contribution in [0.15, 0.2) is 30.3 Å². The Bertz CT molecular complexity index is 261. The molecule has 2 nitrogen and oxygen atoms in total. The molecule has 0 aliphatic carbocycles. The van der Waals surface area contributed by atoms with Crippen LogP contribution in [0.1, 0.15) is 25.8 Å². The van der Waals surface area contributed by atoms with E-state index in [4.69, 9.17) is 5.73 Å². The lowest BCUT2D eigenvalue weighted by atomic mass is 10.2. The molecule has 1 aromatic rings. The first-order valence-electron chi connectivity index (χ1n) is 4.94. The quantitative estimate of drug-likeness (QED) is 0.851. The van der Waals surface area contributed by atoms with Gasteiger partial charge in [0, 0.05) is 14.8 Å². The topological polar surface area (TPSA) is 43.1 Å². The molecule has 6 heteroatoms. The summed E-state index contributed by atoms with van der Waals surface area (Å²) in [5, 5.41) is 0. The number of ketones is 1. The molecular formula is C12H22BF3NO. The molecule has 105 valence electrons. The van der Waals surface area contributed by atoms with Crippen LogP contribution in [0.25, 0.3) is 0 Å². The molecule has 0 fully saturated rings. The van der Waals surface area contributed by atoms with Gasteiger partial charge in [0.25, 0.3) is 0 Å². The number of hydrogen-bond donors (Lipinski definition) is 1. The summed E-state index contributed by atoms with van der Waals surface area (Å²) in [6.07, 6.45) is 1.65. The Hall–Kier alpha value is -1.30. The number of benzene rings is 1. The normalized spacial score (nSPS) is 6.83. The Morgan fingerprint density at radius 1 is 1.11 bits per heavy atom. The van der Waals surface area contributed by atoms with E-state index < -0.39 is 0 Å². The molecule has 0 saturated carbocycles. The van der Waals surface area contributed by atoms with Crippen molar-refractivity contribution in [1.82, 2.24) is 0 Å². The highest BCUT2D eigenvalue weighted by Gasteiger charge is 1.84. The predicted octanol–water partition coefficient (Wildman–Crippen LogP) is 2.25. The van der Waals surface area contributed by atoms with Crippen molar-refractivity contribution < 1.29 is 18.9 Å². The zero-order chi connectivity index (χ0) is 10.8. The maximum atomic E-state index is 9.81. The van der Waals surface area contributed by atoms with Gasteiger partial charge in [-0.05, 0) is 25.5 Å². The van der Waals surface area contributed by atoms with Gasteiger partial charge in [-0.3, -0.25) is 14.1 Å². The van der Waals surface area contributed by atoms with Gasteiger partial charge >= 0.3 is 0 Å². The summed E-state index contributed by atoms with van der Waals surface area (Å²) in [5.74, 6) is 0.255. The summed E-state index contributed by atoms with van der Waals surface area (Å²) in [4.78, 5) is 9.81. The fourth-order valence-corrected chi connectivity index (χ4v) is 0.811. The van der Waals surface area contributed by atoms with Crippen LogP contribution >= 0.6 is 0 Å². The average molecular weight is 264 g/mol. The summed E-state index contributed by atoms with van der Waals surface area (Å²) in [7, 11) is 0. The number of nitrogens with two attached hydrogens (primary N) is 1. The maximum absolute atomic E-state index is 9.81. The smallest absolute Gasteiger partial charge is 0.129 e. The molecule has 0 amide bonds. The zero-order valence-corrected chi connectivity index (χ0v) is 10.8. The highest BCUT2D eigenvalue weighted by Crippen LogP contribution is 1.96. The van der Waals surface area contributed by atoms with E-state index in [0.29, 0.717) is 6.42 Å². The molecule has 0 aromatic heterocycles. The molecular weight excluding hydrogens is 242 g/mol. The largest absolute Gasteiger partial charge is 0.330 e. The van der Waals surface area contributed by atoms with Gasteiger partial charge in [0.2, 0.25) is 0 Å². The number of halogens is 3. The Kier molecular flexibility index (Phi) is 35.1. The Labute approximate surface area is 109 Å². The average Bonchev–Trinajstić information content (AvgIpc) is 2.21. The first-order valence-corrected chi connectivity index (χ1v) is 4.94. The summed E-state index contributed by atoms with van der Waals surface area (Å²) < 4.78 is 0. The van der Waals surface area contributed by atoms with Crippen molar-refractivity contribution in [2.75, 3.05) is 6.54 Å². The van der Waals surface area contributed by atoms with Crippen LogP contribution in [0.5, 0.6) is 0 Å². The minimum Gasteiger partial charge on any atom is -0.330 e. The van der Waals surface area contributed by atoms with E-state index in [-0.39, 0.29) is 28.3 Å². The van der Waals surface area contributed by atoms with Gasteiger partial charge in [0.1, 0.15) is 5.78 Å². The highest BCUT2D eigenvalue weighted by molar-refractivity contribution is 5.75. The lowest BCUT2D eigenvalue weighted by molar-refractivity contribution is -0.116. The van der Waals surface area contributed by atoms with Crippen LogP contribution in [0.4, 0.5) is 14.1 Å². The van der Waals surface area contributed by atoms with Gasteiger partial charge in [-0.1, -0.05) is 37.3 Å². The third kappa shape index (κ3) is 20.2. The van der Waals surface area contributed by atoms with Gasteiger partial charge in [0.05, 0.1) is 0 Å². The van der Waals surface area contributed by atoms with Crippen molar-refractivity contribution in [3.63, 3.8) is 0 Å². The molecule has 1 aromatic carbocycles. The van der Waals surface area contributed by atoms with Crippen molar-refractivity contribution in [3.05, 3.63) is 35.9 Å². The molecule has 0 aliphatic heterocycles. The molecule has 0 unspecified atom stereocenters. The van der Waals surface area contributed by atoms with E-state index >= 15 is 0 Å². The van der Waals surface area contributed by atoms with E-state index in [2.05, 4.69) is 12.1 Å². The van der Waals surface area contributed by atoms with Gasteiger partial charge in [-0.2, -0.15) is 0 Å². The minimum absolute atomic E-state index is 0. The molecule has 18 heavy (non-hydrogen) atoms. The highest BCUT2D eigenvalue weighted by atomic mass is 19.0. The minimum atomic E-state index is 0. The SMILES string of the molecule is CCC(C)=O.F.F.F.NCCc1ccccc1.[B]. The van der Waals surface area contributed by atoms with E-state index in [1.165, 1.54) is 5.56 Å². The van der Waals surface area contributed by atoms with E-state index in [1.54, 1.807) is 6.92 Å². The first kappa shape index (κ1) is 30.1. The third-order valence-corrected chi connectivity index (χ3v) is 1.77. The lowest BCUT2D eigenvalue weighted by Gasteiger charge is -1.93. The lowest BCUT2D eigenvalue weighted by Crippen LogP contribution is -2.01. The Balaban J connectivity index is -0.0000000567. The van der Waals surface area contributed by atoms with Crippen LogP contribution in [0.3, 0.4) is 0 Å². The molecule has 2 N–H and O–H groups in total. The second kappa shape index (κ2) is 21.0. The number of carbonyl (C=O) groups excluding carboxylic acids is 1. The summed E-state index contributed by atoms with van der Waals surface area (Å²) in [6.45, 7) is 4.17. The van der Waals surface area contributed by atoms with Gasteiger partial charge in [-0.15, -0.1) is 0 Å². The van der Waals surface area contributed by atoms with Crippen LogP contribution in [-0.4, -0.2) is 20.7 Å². The standard InChI is InChI=1S/C8H11N.C4H8O.B.3FH/c9-7-6-8-4-2-1-3-5-8;1-3-4(2)5;;;;/h1-5H,6-7,9H2;3H2,1-2H3;;3*1H. The summed E-state index contributed by atoms with van der Waals surface area (Å²) in [5.41, 5.74) is 6.68. The number of rotatable bonds is 3. The predicted molar refractivity (Wildman–Crippen MR) is 73.4 cm³/mol. The summed E-state index contributed by atoms with van der Waals surface area (Å²) in [6, 6.07) is 10.3. The zero-order valence-electron chi connectivity index (χ0n) is 10.8. The molecule has 0 saturated heterocycles. The molecule has 0 heterocycles. The Morgan fingerprint density at radius 2 is 1.50 bits per heavy atom. The molecule has 0 spiro atoms. The van der Waals surface area contributed by atoms with Crippen molar-refractivity contribution >= 4 is 14.2 Å².